The Labute approximate surface area is 90.0 Å². The van der Waals surface area contributed by atoms with Gasteiger partial charge in [0, 0.05) is 18.5 Å². The van der Waals surface area contributed by atoms with Crippen molar-refractivity contribution in [3.05, 3.63) is 0 Å². The minimum Gasteiger partial charge on any atom is -0.345 e. The fourth-order valence-corrected chi connectivity index (χ4v) is 2.43. The maximum Gasteiger partial charge on any atom is 0.245 e. The minimum absolute atomic E-state index is 0.0116. The summed E-state index contributed by atoms with van der Waals surface area (Å²) in [5, 5.41) is 2.71. The average Bonchev–Trinajstić information content (AvgIpc) is 2.25. The molecule has 1 aliphatic heterocycles. The second-order valence-corrected chi connectivity index (χ2v) is 4.88. The molecule has 1 unspecified atom stereocenters. The van der Waals surface area contributed by atoms with Gasteiger partial charge in [-0.25, -0.2) is 0 Å². The van der Waals surface area contributed by atoms with E-state index in [0.29, 0.717) is 13.0 Å². The van der Waals surface area contributed by atoms with Crippen LogP contribution in [-0.2, 0) is 9.59 Å². The zero-order valence-corrected chi connectivity index (χ0v) is 9.38. The number of nitrogens with zero attached hydrogens (tertiary/aromatic N) is 1. The molecule has 15 heavy (non-hydrogen) atoms. The van der Waals surface area contributed by atoms with Gasteiger partial charge in [0.2, 0.25) is 11.8 Å². The Bertz CT molecular complexity index is 297. The molecule has 4 nitrogen and oxygen atoms in total. The number of amides is 2. The number of hydrogen-bond donors (Lipinski definition) is 1. The van der Waals surface area contributed by atoms with Gasteiger partial charge in [-0.1, -0.05) is 0 Å². The highest BCUT2D eigenvalue weighted by atomic mass is 16.2. The van der Waals surface area contributed by atoms with Crippen LogP contribution in [-0.4, -0.2) is 34.8 Å². The van der Waals surface area contributed by atoms with Gasteiger partial charge < -0.3 is 10.2 Å². The van der Waals surface area contributed by atoms with Crippen LogP contribution in [0.5, 0.6) is 0 Å². The van der Waals surface area contributed by atoms with Crippen LogP contribution in [0.1, 0.15) is 39.5 Å². The quantitative estimate of drug-likeness (QED) is 0.691. The lowest BCUT2D eigenvalue weighted by Crippen LogP contribution is -2.57. The molecular weight excluding hydrogens is 192 g/mol. The third-order valence-electron chi connectivity index (χ3n) is 3.66. The van der Waals surface area contributed by atoms with Crippen molar-refractivity contribution >= 4 is 11.8 Å². The second kappa shape index (κ2) is 3.51. The summed E-state index contributed by atoms with van der Waals surface area (Å²) in [6.07, 6.45) is 3.76. The molecule has 1 heterocycles. The van der Waals surface area contributed by atoms with Crippen molar-refractivity contribution in [2.24, 2.45) is 0 Å². The third-order valence-corrected chi connectivity index (χ3v) is 3.66. The monoisotopic (exact) mass is 210 g/mol. The Morgan fingerprint density at radius 1 is 1.40 bits per heavy atom. The maximum atomic E-state index is 12.0. The number of nitrogens with one attached hydrogen (secondary N) is 1. The Kier molecular flexibility index (Phi) is 2.44. The number of carbonyl (C=O) groups excluding carboxylic acids is 2. The third kappa shape index (κ3) is 1.73. The fourth-order valence-electron chi connectivity index (χ4n) is 2.43. The summed E-state index contributed by atoms with van der Waals surface area (Å²) in [6, 6.07) is -0.363. The van der Waals surface area contributed by atoms with Crippen LogP contribution in [0.2, 0.25) is 0 Å². The predicted octanol–water partition coefficient (Wildman–Crippen LogP) is 0.666. The van der Waals surface area contributed by atoms with E-state index in [0.717, 1.165) is 12.8 Å². The zero-order chi connectivity index (χ0) is 11.1. The van der Waals surface area contributed by atoms with E-state index >= 15 is 0 Å². The first-order chi connectivity index (χ1) is 7.03. The fraction of sp³-hybridized carbons (Fsp3) is 0.818. The van der Waals surface area contributed by atoms with Gasteiger partial charge in [-0.05, 0) is 33.1 Å². The summed E-state index contributed by atoms with van der Waals surface area (Å²) in [4.78, 5) is 25.3. The molecule has 0 aromatic carbocycles. The summed E-state index contributed by atoms with van der Waals surface area (Å²) >= 11 is 0. The van der Waals surface area contributed by atoms with Crippen LogP contribution in [0.3, 0.4) is 0 Å². The van der Waals surface area contributed by atoms with Crippen LogP contribution < -0.4 is 5.32 Å². The molecule has 2 aliphatic rings. The molecule has 1 atom stereocenters. The molecule has 2 fully saturated rings. The standard InChI is InChI=1S/C11H18N2O2/c1-8-10(15)13(7-4-9(14)12-8)11(2)5-3-6-11/h8H,3-7H2,1-2H3,(H,12,14). The molecule has 1 saturated heterocycles. The van der Waals surface area contributed by atoms with E-state index in [1.165, 1.54) is 6.42 Å². The van der Waals surface area contributed by atoms with E-state index in [2.05, 4.69) is 12.2 Å². The zero-order valence-electron chi connectivity index (χ0n) is 9.38. The molecular formula is C11H18N2O2. The van der Waals surface area contributed by atoms with Crippen molar-refractivity contribution < 1.29 is 9.59 Å². The molecule has 1 saturated carbocycles. The molecule has 4 heteroatoms. The molecule has 0 spiro atoms. The Morgan fingerprint density at radius 3 is 2.60 bits per heavy atom. The van der Waals surface area contributed by atoms with Gasteiger partial charge in [-0.2, -0.15) is 0 Å². The van der Waals surface area contributed by atoms with Gasteiger partial charge >= 0.3 is 0 Å². The van der Waals surface area contributed by atoms with Crippen LogP contribution in [0.4, 0.5) is 0 Å². The Balaban J connectivity index is 2.16. The lowest BCUT2D eigenvalue weighted by atomic mass is 9.76. The summed E-state index contributed by atoms with van der Waals surface area (Å²) in [5.41, 5.74) is 0.0116. The first-order valence-corrected chi connectivity index (χ1v) is 5.64. The second-order valence-electron chi connectivity index (χ2n) is 4.88. The van der Waals surface area contributed by atoms with Gasteiger partial charge in [0.25, 0.3) is 0 Å². The predicted molar refractivity (Wildman–Crippen MR) is 56.2 cm³/mol. The lowest BCUT2D eigenvalue weighted by molar-refractivity contribution is -0.141. The maximum absolute atomic E-state index is 12.0. The first-order valence-electron chi connectivity index (χ1n) is 5.64. The van der Waals surface area contributed by atoms with Gasteiger partial charge in [0.05, 0.1) is 0 Å². The van der Waals surface area contributed by atoms with Crippen LogP contribution in [0, 0.1) is 0 Å². The van der Waals surface area contributed by atoms with Gasteiger partial charge in [-0.15, -0.1) is 0 Å². The van der Waals surface area contributed by atoms with Gasteiger partial charge in [0.1, 0.15) is 6.04 Å². The van der Waals surface area contributed by atoms with Crippen molar-refractivity contribution in [1.82, 2.24) is 10.2 Å². The Hall–Kier alpha value is -1.06. The molecule has 0 radical (unpaired) electrons. The number of hydrogen-bond acceptors (Lipinski definition) is 2. The van der Waals surface area contributed by atoms with Crippen LogP contribution in [0.25, 0.3) is 0 Å². The smallest absolute Gasteiger partial charge is 0.245 e. The highest BCUT2D eigenvalue weighted by Crippen LogP contribution is 2.37. The van der Waals surface area contributed by atoms with Crippen molar-refractivity contribution in [2.45, 2.75) is 51.1 Å². The molecule has 2 rings (SSSR count). The van der Waals surface area contributed by atoms with Gasteiger partial charge in [-0.3, -0.25) is 9.59 Å². The summed E-state index contributed by atoms with van der Waals surface area (Å²) in [6.45, 7) is 4.46. The van der Waals surface area contributed by atoms with Crippen molar-refractivity contribution in [3.63, 3.8) is 0 Å². The van der Waals surface area contributed by atoms with Crippen molar-refractivity contribution in [2.75, 3.05) is 6.54 Å². The summed E-state index contributed by atoms with van der Waals surface area (Å²) < 4.78 is 0. The SMILES string of the molecule is CC1NC(=O)CCN(C2(C)CCC2)C1=O. The number of carbonyl (C=O) groups is 2. The molecule has 0 bridgehead atoms. The van der Waals surface area contributed by atoms with E-state index in [4.69, 9.17) is 0 Å². The van der Waals surface area contributed by atoms with E-state index in [1.54, 1.807) is 6.92 Å². The number of rotatable bonds is 1. The molecule has 84 valence electrons. The molecule has 0 aromatic rings. The van der Waals surface area contributed by atoms with E-state index in [9.17, 15) is 9.59 Å². The molecule has 0 aromatic heterocycles. The van der Waals surface area contributed by atoms with E-state index in [-0.39, 0.29) is 23.4 Å². The van der Waals surface area contributed by atoms with Crippen molar-refractivity contribution in [1.29, 1.82) is 0 Å². The Morgan fingerprint density at radius 2 is 2.07 bits per heavy atom. The molecule has 1 N–H and O–H groups in total. The van der Waals surface area contributed by atoms with E-state index in [1.807, 2.05) is 4.90 Å². The first kappa shape index (κ1) is 10.5. The highest BCUT2D eigenvalue weighted by Gasteiger charge is 2.42. The minimum atomic E-state index is -0.363. The molecule has 2 amide bonds. The molecule has 1 aliphatic carbocycles. The topological polar surface area (TPSA) is 49.4 Å². The lowest BCUT2D eigenvalue weighted by Gasteiger charge is -2.48. The summed E-state index contributed by atoms with van der Waals surface area (Å²) in [5.74, 6) is 0.0596. The normalized spacial score (nSPS) is 30.5. The average molecular weight is 210 g/mol. The van der Waals surface area contributed by atoms with Gasteiger partial charge in [0.15, 0.2) is 0 Å². The summed E-state index contributed by atoms with van der Waals surface area (Å²) in [7, 11) is 0. The highest BCUT2D eigenvalue weighted by molar-refractivity contribution is 5.90. The van der Waals surface area contributed by atoms with Crippen LogP contribution in [0.15, 0.2) is 0 Å². The van der Waals surface area contributed by atoms with E-state index < -0.39 is 0 Å². The largest absolute Gasteiger partial charge is 0.345 e. The van der Waals surface area contributed by atoms with Crippen LogP contribution >= 0.6 is 0 Å². The van der Waals surface area contributed by atoms with Crippen molar-refractivity contribution in [3.8, 4) is 0 Å².